The Morgan fingerprint density at radius 1 is 1.03 bits per heavy atom. The molecule has 0 unspecified atom stereocenters. The molecular formula is C25H18ClN5O4S3. The number of amides is 1. The van der Waals surface area contributed by atoms with Crippen LogP contribution in [0.15, 0.2) is 99.2 Å². The van der Waals surface area contributed by atoms with Crippen molar-refractivity contribution in [1.29, 1.82) is 0 Å². The molecule has 3 aromatic carbocycles. The first-order chi connectivity index (χ1) is 18.3. The molecule has 0 saturated carbocycles. The highest BCUT2D eigenvalue weighted by atomic mass is 35.5. The van der Waals surface area contributed by atoms with Crippen LogP contribution in [-0.4, -0.2) is 34.6 Å². The molecule has 2 heterocycles. The van der Waals surface area contributed by atoms with Gasteiger partial charge in [-0.1, -0.05) is 35.5 Å². The smallest absolute Gasteiger partial charge is 0.266 e. The van der Waals surface area contributed by atoms with E-state index in [4.69, 9.17) is 11.6 Å². The van der Waals surface area contributed by atoms with Crippen molar-refractivity contribution < 1.29 is 13.2 Å². The quantitative estimate of drug-likeness (QED) is 0.194. The Morgan fingerprint density at radius 3 is 2.47 bits per heavy atom. The summed E-state index contributed by atoms with van der Waals surface area (Å²) in [5, 5.41) is 6.00. The van der Waals surface area contributed by atoms with E-state index in [-0.39, 0.29) is 27.2 Å². The molecule has 2 N–H and O–H groups in total. The standard InChI is InChI=1S/C25H18ClN5O4S3/c26-16-5-9-18(10-6-16)31-23(33)20-3-1-2-4-21(20)29-25(31)37-15-22(32)28-17-7-11-19(12-8-17)38(34,35)30-24-27-13-14-36-24/h1-14H,15H2,(H,27,30)(H,28,32). The number of thioether (sulfide) groups is 1. The van der Waals surface area contributed by atoms with E-state index in [1.807, 2.05) is 0 Å². The maximum Gasteiger partial charge on any atom is 0.266 e. The molecule has 0 atom stereocenters. The highest BCUT2D eigenvalue weighted by molar-refractivity contribution is 7.99. The second-order valence-corrected chi connectivity index (χ2v) is 11.8. The number of carbonyl (C=O) groups excluding carboxylic acids is 1. The van der Waals surface area contributed by atoms with Crippen molar-refractivity contribution >= 4 is 72.4 Å². The van der Waals surface area contributed by atoms with Crippen LogP contribution in [0.25, 0.3) is 16.6 Å². The van der Waals surface area contributed by atoms with Gasteiger partial charge in [0.1, 0.15) is 0 Å². The van der Waals surface area contributed by atoms with Gasteiger partial charge in [0.25, 0.3) is 15.6 Å². The number of sulfonamides is 1. The van der Waals surface area contributed by atoms with Crippen LogP contribution in [0.2, 0.25) is 5.02 Å². The number of aromatic nitrogens is 3. The molecule has 192 valence electrons. The second-order valence-electron chi connectivity index (χ2n) is 7.83. The number of carbonyl (C=O) groups is 1. The largest absolute Gasteiger partial charge is 0.325 e. The summed E-state index contributed by atoms with van der Waals surface area (Å²) in [6, 6.07) is 19.6. The number of para-hydroxylation sites is 1. The average Bonchev–Trinajstić information content (AvgIpc) is 3.41. The van der Waals surface area contributed by atoms with Gasteiger partial charge in [-0.25, -0.2) is 18.4 Å². The fraction of sp³-hybridized carbons (Fsp3) is 0.0400. The van der Waals surface area contributed by atoms with Crippen molar-refractivity contribution in [2.24, 2.45) is 0 Å². The minimum atomic E-state index is -3.80. The van der Waals surface area contributed by atoms with Gasteiger partial charge in [0.15, 0.2) is 10.3 Å². The molecule has 0 aliphatic rings. The first-order valence-electron chi connectivity index (χ1n) is 11.0. The van der Waals surface area contributed by atoms with Gasteiger partial charge in [-0.05, 0) is 60.7 Å². The number of rotatable bonds is 8. The average molecular weight is 584 g/mol. The van der Waals surface area contributed by atoms with E-state index < -0.39 is 10.0 Å². The van der Waals surface area contributed by atoms with Gasteiger partial charge in [-0.3, -0.25) is 18.9 Å². The zero-order valence-corrected chi connectivity index (χ0v) is 22.6. The molecule has 13 heteroatoms. The zero-order valence-electron chi connectivity index (χ0n) is 19.4. The van der Waals surface area contributed by atoms with Crippen molar-refractivity contribution in [3.05, 3.63) is 99.7 Å². The van der Waals surface area contributed by atoms with Gasteiger partial charge in [-0.15, -0.1) is 11.3 Å². The third-order valence-corrected chi connectivity index (χ3v) is 8.63. The number of hydrogen-bond acceptors (Lipinski definition) is 8. The van der Waals surface area contributed by atoms with Crippen LogP contribution in [0.5, 0.6) is 0 Å². The van der Waals surface area contributed by atoms with E-state index in [2.05, 4.69) is 20.0 Å². The lowest BCUT2D eigenvalue weighted by Gasteiger charge is -2.13. The lowest BCUT2D eigenvalue weighted by molar-refractivity contribution is -0.113. The Kier molecular flexibility index (Phi) is 7.47. The highest BCUT2D eigenvalue weighted by Gasteiger charge is 2.17. The summed E-state index contributed by atoms with van der Waals surface area (Å²) in [6.45, 7) is 0. The summed E-state index contributed by atoms with van der Waals surface area (Å²) in [4.78, 5) is 34.6. The molecule has 2 aromatic heterocycles. The third kappa shape index (κ3) is 5.73. The first kappa shape index (κ1) is 25.9. The van der Waals surface area contributed by atoms with Gasteiger partial charge in [0.2, 0.25) is 5.91 Å². The van der Waals surface area contributed by atoms with Crippen LogP contribution in [0.1, 0.15) is 0 Å². The van der Waals surface area contributed by atoms with Crippen LogP contribution in [0.3, 0.4) is 0 Å². The molecule has 5 rings (SSSR count). The predicted octanol–water partition coefficient (Wildman–Crippen LogP) is 5.03. The Bertz CT molecular complexity index is 1770. The summed E-state index contributed by atoms with van der Waals surface area (Å²) >= 11 is 8.29. The molecule has 0 radical (unpaired) electrons. The van der Waals surface area contributed by atoms with E-state index in [0.717, 1.165) is 11.8 Å². The van der Waals surface area contributed by atoms with E-state index in [1.54, 1.807) is 53.9 Å². The minimum Gasteiger partial charge on any atom is -0.325 e. The Balaban J connectivity index is 1.32. The van der Waals surface area contributed by atoms with Crippen molar-refractivity contribution in [2.45, 2.75) is 10.1 Å². The fourth-order valence-corrected chi connectivity index (χ4v) is 6.25. The lowest BCUT2D eigenvalue weighted by Crippen LogP contribution is -2.23. The molecule has 0 fully saturated rings. The number of anilines is 2. The van der Waals surface area contributed by atoms with Crippen molar-refractivity contribution in [1.82, 2.24) is 14.5 Å². The molecule has 0 aliphatic heterocycles. The molecule has 0 saturated heterocycles. The SMILES string of the molecule is O=C(CSc1nc2ccccc2c(=O)n1-c1ccc(Cl)cc1)Nc1ccc(S(=O)(=O)Nc2nccs2)cc1. The normalized spacial score (nSPS) is 11.4. The van der Waals surface area contributed by atoms with E-state index in [0.29, 0.717) is 32.5 Å². The van der Waals surface area contributed by atoms with Crippen LogP contribution >= 0.6 is 34.7 Å². The van der Waals surface area contributed by atoms with Crippen molar-refractivity contribution in [3.63, 3.8) is 0 Å². The predicted molar refractivity (Wildman–Crippen MR) is 151 cm³/mol. The molecule has 0 aliphatic carbocycles. The van der Waals surface area contributed by atoms with Gasteiger partial charge < -0.3 is 5.32 Å². The zero-order chi connectivity index (χ0) is 26.7. The van der Waals surface area contributed by atoms with Crippen LogP contribution in [0, 0.1) is 0 Å². The maximum atomic E-state index is 13.3. The fourth-order valence-electron chi connectivity index (χ4n) is 3.52. The molecule has 0 bridgehead atoms. The molecule has 0 spiro atoms. The Hall–Kier alpha value is -3.71. The monoisotopic (exact) mass is 583 g/mol. The number of benzene rings is 3. The number of nitrogens with zero attached hydrogens (tertiary/aromatic N) is 3. The van der Waals surface area contributed by atoms with E-state index >= 15 is 0 Å². The van der Waals surface area contributed by atoms with Crippen molar-refractivity contribution in [3.8, 4) is 5.69 Å². The van der Waals surface area contributed by atoms with Gasteiger partial charge >= 0.3 is 0 Å². The van der Waals surface area contributed by atoms with Gasteiger partial charge in [-0.2, -0.15) is 0 Å². The number of nitrogens with one attached hydrogen (secondary N) is 2. The topological polar surface area (TPSA) is 123 Å². The van der Waals surface area contributed by atoms with Crippen LogP contribution in [0.4, 0.5) is 10.8 Å². The maximum absolute atomic E-state index is 13.3. The lowest BCUT2D eigenvalue weighted by atomic mass is 10.2. The molecule has 5 aromatic rings. The molecular weight excluding hydrogens is 566 g/mol. The number of fused-ring (bicyclic) bond motifs is 1. The molecule has 1 amide bonds. The number of halogens is 1. The number of hydrogen-bond donors (Lipinski definition) is 2. The summed E-state index contributed by atoms with van der Waals surface area (Å²) < 4.78 is 28.9. The van der Waals surface area contributed by atoms with Crippen LogP contribution in [-0.2, 0) is 14.8 Å². The molecule has 9 nitrogen and oxygen atoms in total. The summed E-state index contributed by atoms with van der Waals surface area (Å²) in [6.07, 6.45) is 1.50. The minimum absolute atomic E-state index is 0.0346. The Morgan fingerprint density at radius 2 is 1.76 bits per heavy atom. The molecule has 38 heavy (non-hydrogen) atoms. The summed E-state index contributed by atoms with van der Waals surface area (Å²) in [5.41, 5.74) is 1.26. The van der Waals surface area contributed by atoms with Crippen LogP contribution < -0.4 is 15.6 Å². The van der Waals surface area contributed by atoms with E-state index in [1.165, 1.54) is 46.4 Å². The Labute approximate surface area is 230 Å². The van der Waals surface area contributed by atoms with E-state index in [9.17, 15) is 18.0 Å². The van der Waals surface area contributed by atoms with Gasteiger partial charge in [0, 0.05) is 22.3 Å². The highest BCUT2D eigenvalue weighted by Crippen LogP contribution is 2.23. The van der Waals surface area contributed by atoms with Gasteiger partial charge in [0.05, 0.1) is 27.2 Å². The summed E-state index contributed by atoms with van der Waals surface area (Å²) in [5.74, 6) is -0.388. The third-order valence-electron chi connectivity index (χ3n) is 5.26. The second kappa shape index (κ2) is 11.0. The summed E-state index contributed by atoms with van der Waals surface area (Å²) in [7, 11) is -3.80. The number of thiazole rings is 1. The van der Waals surface area contributed by atoms with Crippen molar-refractivity contribution in [2.75, 3.05) is 15.8 Å². The first-order valence-corrected chi connectivity index (χ1v) is 14.8.